The second kappa shape index (κ2) is 5.14. The van der Waals surface area contributed by atoms with Crippen LogP contribution < -0.4 is 0 Å². The zero-order chi connectivity index (χ0) is 12.3. The molecule has 90 valence electrons. The van der Waals surface area contributed by atoms with Crippen molar-refractivity contribution in [3.63, 3.8) is 0 Å². The molecule has 1 N–H and O–H groups in total. The lowest BCUT2D eigenvalue weighted by atomic mass is 10.2. The minimum absolute atomic E-state index is 0.222. The Balaban J connectivity index is 2.30. The van der Waals surface area contributed by atoms with Gasteiger partial charge in [-0.1, -0.05) is 6.92 Å². The molecule has 0 aromatic carbocycles. The van der Waals surface area contributed by atoms with E-state index in [1.165, 1.54) is 7.11 Å². The van der Waals surface area contributed by atoms with Crippen molar-refractivity contribution < 1.29 is 4.74 Å². The number of hydrogen-bond donors (Lipinski definition) is 1. The van der Waals surface area contributed by atoms with Crippen molar-refractivity contribution >= 4 is 17.2 Å². The molecular formula is C12H15N3OS. The van der Waals surface area contributed by atoms with Crippen molar-refractivity contribution in [2.24, 2.45) is 0 Å². The largest absolute Gasteiger partial charge is 0.483 e. The Kier molecular flexibility index (Phi) is 3.58. The van der Waals surface area contributed by atoms with Crippen molar-refractivity contribution in [2.45, 2.75) is 19.9 Å². The lowest BCUT2D eigenvalue weighted by Crippen LogP contribution is -2.14. The van der Waals surface area contributed by atoms with Gasteiger partial charge in [0.1, 0.15) is 6.54 Å². The maximum atomic E-state index is 7.55. The highest BCUT2D eigenvalue weighted by atomic mass is 32.1. The number of thiophene rings is 1. The SMILES string of the molecule is CCc1cc(-c2ccsc2)nn1CC(=N)OC. The van der Waals surface area contributed by atoms with E-state index in [0.29, 0.717) is 6.54 Å². The summed E-state index contributed by atoms with van der Waals surface area (Å²) in [6, 6.07) is 4.13. The van der Waals surface area contributed by atoms with Crippen LogP contribution in [-0.4, -0.2) is 22.8 Å². The highest BCUT2D eigenvalue weighted by Crippen LogP contribution is 2.22. The highest BCUT2D eigenvalue weighted by molar-refractivity contribution is 7.08. The van der Waals surface area contributed by atoms with E-state index in [2.05, 4.69) is 29.5 Å². The smallest absolute Gasteiger partial charge is 0.202 e. The number of aromatic nitrogens is 2. The van der Waals surface area contributed by atoms with Crippen LogP contribution in [0.5, 0.6) is 0 Å². The number of nitrogens with zero attached hydrogens (tertiary/aromatic N) is 2. The van der Waals surface area contributed by atoms with Crippen LogP contribution in [0.15, 0.2) is 22.9 Å². The first-order valence-corrected chi connectivity index (χ1v) is 6.39. The Hall–Kier alpha value is -1.62. The molecule has 5 heteroatoms. The molecule has 2 aromatic heterocycles. The summed E-state index contributed by atoms with van der Waals surface area (Å²) in [4.78, 5) is 0. The zero-order valence-corrected chi connectivity index (χ0v) is 10.8. The summed E-state index contributed by atoms with van der Waals surface area (Å²) < 4.78 is 6.71. The fraction of sp³-hybridized carbons (Fsp3) is 0.333. The van der Waals surface area contributed by atoms with Crippen LogP contribution in [0.4, 0.5) is 0 Å². The molecule has 0 radical (unpaired) electrons. The number of aryl methyl sites for hydroxylation is 1. The molecule has 0 amide bonds. The summed E-state index contributed by atoms with van der Waals surface area (Å²) >= 11 is 1.66. The van der Waals surface area contributed by atoms with Crippen LogP contribution in [0.3, 0.4) is 0 Å². The summed E-state index contributed by atoms with van der Waals surface area (Å²) in [5, 5.41) is 16.2. The maximum absolute atomic E-state index is 7.55. The number of methoxy groups -OCH3 is 1. The van der Waals surface area contributed by atoms with E-state index in [1.54, 1.807) is 11.3 Å². The molecule has 17 heavy (non-hydrogen) atoms. The second-order valence-corrected chi connectivity index (χ2v) is 4.45. The summed E-state index contributed by atoms with van der Waals surface area (Å²) in [5.74, 6) is 0.222. The standard InChI is InChI=1S/C12H15N3OS/c1-3-10-6-11(9-4-5-17-8-9)14-15(10)7-12(13)16-2/h4-6,8,13H,3,7H2,1-2H3. The molecule has 4 nitrogen and oxygen atoms in total. The van der Waals surface area contributed by atoms with E-state index in [0.717, 1.165) is 23.4 Å². The van der Waals surface area contributed by atoms with Crippen molar-refractivity contribution in [1.29, 1.82) is 5.41 Å². The third-order valence-electron chi connectivity index (χ3n) is 2.58. The number of ether oxygens (including phenoxy) is 1. The average molecular weight is 249 g/mol. The summed E-state index contributed by atoms with van der Waals surface area (Å²) in [6.45, 7) is 2.48. The highest BCUT2D eigenvalue weighted by Gasteiger charge is 2.10. The molecule has 2 heterocycles. The van der Waals surface area contributed by atoms with Crippen LogP contribution in [0.1, 0.15) is 12.6 Å². The molecule has 2 aromatic rings. The third-order valence-corrected chi connectivity index (χ3v) is 3.27. The van der Waals surface area contributed by atoms with E-state index in [1.807, 2.05) is 10.1 Å². The van der Waals surface area contributed by atoms with Crippen LogP contribution in [-0.2, 0) is 17.7 Å². The van der Waals surface area contributed by atoms with E-state index in [-0.39, 0.29) is 5.90 Å². The average Bonchev–Trinajstić information content (AvgIpc) is 2.96. The molecule has 0 bridgehead atoms. The van der Waals surface area contributed by atoms with Gasteiger partial charge in [-0.15, -0.1) is 0 Å². The number of rotatable bonds is 4. The van der Waals surface area contributed by atoms with Crippen LogP contribution >= 0.6 is 11.3 Å². The minimum Gasteiger partial charge on any atom is -0.483 e. The molecule has 0 atom stereocenters. The van der Waals surface area contributed by atoms with E-state index >= 15 is 0 Å². The first-order valence-electron chi connectivity index (χ1n) is 5.45. The van der Waals surface area contributed by atoms with Crippen molar-refractivity contribution in [1.82, 2.24) is 9.78 Å². The van der Waals surface area contributed by atoms with E-state index in [4.69, 9.17) is 10.1 Å². The van der Waals surface area contributed by atoms with Gasteiger partial charge in [-0.25, -0.2) is 0 Å². The molecule has 0 unspecified atom stereocenters. The van der Waals surface area contributed by atoms with Gasteiger partial charge >= 0.3 is 0 Å². The Morgan fingerprint density at radius 1 is 1.59 bits per heavy atom. The third kappa shape index (κ3) is 2.55. The predicted octanol–water partition coefficient (Wildman–Crippen LogP) is 2.80. The summed E-state index contributed by atoms with van der Waals surface area (Å²) in [7, 11) is 1.51. The fourth-order valence-electron chi connectivity index (χ4n) is 1.63. The van der Waals surface area contributed by atoms with E-state index < -0.39 is 0 Å². The van der Waals surface area contributed by atoms with Gasteiger partial charge in [0, 0.05) is 16.6 Å². The van der Waals surface area contributed by atoms with Crippen LogP contribution in [0.25, 0.3) is 11.3 Å². The van der Waals surface area contributed by atoms with Gasteiger partial charge in [0.25, 0.3) is 0 Å². The second-order valence-electron chi connectivity index (χ2n) is 3.67. The Bertz CT molecular complexity index is 502. The molecule has 0 saturated carbocycles. The van der Waals surface area contributed by atoms with Crippen LogP contribution in [0.2, 0.25) is 0 Å². The van der Waals surface area contributed by atoms with Gasteiger partial charge in [0.2, 0.25) is 5.90 Å². The maximum Gasteiger partial charge on any atom is 0.202 e. The predicted molar refractivity (Wildman–Crippen MR) is 69.7 cm³/mol. The van der Waals surface area contributed by atoms with Crippen molar-refractivity contribution in [3.05, 3.63) is 28.6 Å². The quantitative estimate of drug-likeness (QED) is 0.669. The van der Waals surface area contributed by atoms with Gasteiger partial charge in [-0.05, 0) is 23.9 Å². The molecule has 0 spiro atoms. The van der Waals surface area contributed by atoms with Gasteiger partial charge in [-0.2, -0.15) is 16.4 Å². The first-order chi connectivity index (χ1) is 8.24. The van der Waals surface area contributed by atoms with Gasteiger partial charge in [0.15, 0.2) is 0 Å². The van der Waals surface area contributed by atoms with Crippen molar-refractivity contribution in [3.8, 4) is 11.3 Å². The number of nitrogens with one attached hydrogen (secondary N) is 1. The molecule has 0 aliphatic rings. The molecule has 0 aliphatic carbocycles. The first kappa shape index (κ1) is 11.9. The van der Waals surface area contributed by atoms with Gasteiger partial charge in [-0.3, -0.25) is 10.1 Å². The molecule has 0 aliphatic heterocycles. The Morgan fingerprint density at radius 3 is 3.00 bits per heavy atom. The Labute approximate surface area is 104 Å². The zero-order valence-electron chi connectivity index (χ0n) is 9.93. The molecule has 0 fully saturated rings. The number of hydrogen-bond acceptors (Lipinski definition) is 4. The monoisotopic (exact) mass is 249 g/mol. The summed E-state index contributed by atoms with van der Waals surface area (Å²) in [6.07, 6.45) is 0.897. The molecule has 0 saturated heterocycles. The lowest BCUT2D eigenvalue weighted by molar-refractivity contribution is 0.376. The molecular weight excluding hydrogens is 234 g/mol. The van der Waals surface area contributed by atoms with E-state index in [9.17, 15) is 0 Å². The van der Waals surface area contributed by atoms with Gasteiger partial charge < -0.3 is 4.74 Å². The van der Waals surface area contributed by atoms with Crippen LogP contribution in [0, 0.1) is 5.41 Å². The lowest BCUT2D eigenvalue weighted by Gasteiger charge is -2.05. The minimum atomic E-state index is 0.222. The normalized spacial score (nSPS) is 10.5. The fourth-order valence-corrected chi connectivity index (χ4v) is 2.28. The molecule has 2 rings (SSSR count). The van der Waals surface area contributed by atoms with Crippen molar-refractivity contribution in [2.75, 3.05) is 7.11 Å². The topological polar surface area (TPSA) is 50.9 Å². The van der Waals surface area contributed by atoms with Gasteiger partial charge in [0.05, 0.1) is 12.8 Å². The Morgan fingerprint density at radius 2 is 2.41 bits per heavy atom. The summed E-state index contributed by atoms with van der Waals surface area (Å²) in [5.41, 5.74) is 3.22.